The SMILES string of the molecule is CC1(C)CN(S(=O)(=O)c2ccc(C(F)(F)F)nc2)CCC1N. The molecular formula is C13H18F3N3O2S. The Morgan fingerprint density at radius 2 is 2.00 bits per heavy atom. The smallest absolute Gasteiger partial charge is 0.327 e. The number of hydrogen-bond acceptors (Lipinski definition) is 4. The summed E-state index contributed by atoms with van der Waals surface area (Å²) in [5, 5.41) is 0. The second kappa shape index (κ2) is 5.47. The van der Waals surface area contributed by atoms with Gasteiger partial charge in [0, 0.05) is 25.3 Å². The summed E-state index contributed by atoms with van der Waals surface area (Å²) in [6, 6.07) is 1.49. The molecule has 1 fully saturated rings. The average Bonchev–Trinajstić information content (AvgIpc) is 2.41. The minimum Gasteiger partial charge on any atom is -0.327 e. The topological polar surface area (TPSA) is 76.3 Å². The van der Waals surface area contributed by atoms with E-state index >= 15 is 0 Å². The maximum Gasteiger partial charge on any atom is 0.433 e. The van der Waals surface area contributed by atoms with Gasteiger partial charge in [0.15, 0.2) is 0 Å². The molecule has 1 saturated heterocycles. The van der Waals surface area contributed by atoms with E-state index in [9.17, 15) is 21.6 Å². The monoisotopic (exact) mass is 337 g/mol. The molecule has 0 saturated carbocycles. The molecule has 9 heteroatoms. The minimum absolute atomic E-state index is 0.121. The van der Waals surface area contributed by atoms with E-state index in [0.29, 0.717) is 12.5 Å². The summed E-state index contributed by atoms with van der Waals surface area (Å²) in [4.78, 5) is 2.96. The van der Waals surface area contributed by atoms with Crippen molar-refractivity contribution in [2.24, 2.45) is 11.1 Å². The molecule has 0 bridgehead atoms. The lowest BCUT2D eigenvalue weighted by atomic mass is 9.81. The zero-order chi connectivity index (χ0) is 16.8. The van der Waals surface area contributed by atoms with E-state index in [0.717, 1.165) is 12.3 Å². The summed E-state index contributed by atoms with van der Waals surface area (Å²) in [6.07, 6.45) is -3.35. The highest BCUT2D eigenvalue weighted by molar-refractivity contribution is 7.89. The van der Waals surface area contributed by atoms with Crippen LogP contribution in [0.5, 0.6) is 0 Å². The lowest BCUT2D eigenvalue weighted by Crippen LogP contribution is -2.53. The Labute approximate surface area is 127 Å². The van der Waals surface area contributed by atoms with Crippen LogP contribution in [0.1, 0.15) is 26.0 Å². The van der Waals surface area contributed by atoms with Gasteiger partial charge in [0.25, 0.3) is 0 Å². The number of alkyl halides is 3. The highest BCUT2D eigenvalue weighted by atomic mass is 32.2. The van der Waals surface area contributed by atoms with Gasteiger partial charge in [-0.3, -0.25) is 4.98 Å². The first-order valence-electron chi connectivity index (χ1n) is 6.73. The van der Waals surface area contributed by atoms with Crippen LogP contribution in [0, 0.1) is 5.41 Å². The quantitative estimate of drug-likeness (QED) is 0.893. The fourth-order valence-corrected chi connectivity index (χ4v) is 3.95. The maximum absolute atomic E-state index is 12.5. The first-order valence-corrected chi connectivity index (χ1v) is 8.17. The number of aromatic nitrogens is 1. The first kappa shape index (κ1) is 17.2. The molecule has 0 radical (unpaired) electrons. The van der Waals surface area contributed by atoms with Crippen LogP contribution < -0.4 is 5.73 Å². The molecule has 124 valence electrons. The minimum atomic E-state index is -4.60. The van der Waals surface area contributed by atoms with Crippen LogP contribution in [0.2, 0.25) is 0 Å². The molecule has 1 atom stereocenters. The zero-order valence-electron chi connectivity index (χ0n) is 12.3. The van der Waals surface area contributed by atoms with Crippen molar-refractivity contribution in [3.05, 3.63) is 24.0 Å². The number of sulfonamides is 1. The van der Waals surface area contributed by atoms with Gasteiger partial charge >= 0.3 is 6.18 Å². The largest absolute Gasteiger partial charge is 0.433 e. The predicted octanol–water partition coefficient (Wildman–Crippen LogP) is 1.85. The van der Waals surface area contributed by atoms with Gasteiger partial charge in [-0.05, 0) is 24.0 Å². The molecule has 0 aliphatic carbocycles. The fourth-order valence-electron chi connectivity index (χ4n) is 2.38. The van der Waals surface area contributed by atoms with Crippen molar-refractivity contribution in [1.29, 1.82) is 0 Å². The molecule has 1 aromatic rings. The number of nitrogens with zero attached hydrogens (tertiary/aromatic N) is 2. The van der Waals surface area contributed by atoms with E-state index in [1.54, 1.807) is 0 Å². The standard InChI is InChI=1S/C13H18F3N3O2S/c1-12(2)8-19(6-5-10(12)17)22(20,21)9-3-4-11(18-7-9)13(14,15)16/h3-4,7,10H,5-6,8,17H2,1-2H3. The van der Waals surface area contributed by atoms with E-state index in [-0.39, 0.29) is 24.0 Å². The first-order chi connectivity index (χ1) is 9.94. The van der Waals surface area contributed by atoms with Gasteiger partial charge in [-0.2, -0.15) is 17.5 Å². The van der Waals surface area contributed by atoms with E-state index in [4.69, 9.17) is 5.73 Å². The Morgan fingerprint density at radius 1 is 1.36 bits per heavy atom. The molecule has 22 heavy (non-hydrogen) atoms. The Bertz CT molecular complexity index is 641. The van der Waals surface area contributed by atoms with Crippen molar-refractivity contribution in [3.8, 4) is 0 Å². The molecular weight excluding hydrogens is 319 g/mol. The van der Waals surface area contributed by atoms with Crippen LogP contribution in [-0.4, -0.2) is 36.8 Å². The molecule has 5 nitrogen and oxygen atoms in total. The number of halogens is 3. The number of rotatable bonds is 2. The summed E-state index contributed by atoms with van der Waals surface area (Å²) >= 11 is 0. The molecule has 2 N–H and O–H groups in total. The van der Waals surface area contributed by atoms with Crippen molar-refractivity contribution >= 4 is 10.0 Å². The van der Waals surface area contributed by atoms with Gasteiger partial charge in [0.2, 0.25) is 10.0 Å². The van der Waals surface area contributed by atoms with Crippen LogP contribution in [0.25, 0.3) is 0 Å². The second-order valence-electron chi connectivity index (χ2n) is 6.10. The van der Waals surface area contributed by atoms with Gasteiger partial charge in [0.05, 0.1) is 0 Å². The third-order valence-corrected chi connectivity index (χ3v) is 5.77. The summed E-state index contributed by atoms with van der Waals surface area (Å²) in [6.45, 7) is 4.19. The van der Waals surface area contributed by atoms with Crippen molar-refractivity contribution < 1.29 is 21.6 Å². The Balaban J connectivity index is 2.28. The third kappa shape index (κ3) is 3.26. The third-order valence-electron chi connectivity index (χ3n) is 3.94. The van der Waals surface area contributed by atoms with Crippen molar-refractivity contribution in [2.45, 2.75) is 37.4 Å². The van der Waals surface area contributed by atoms with Crippen LogP contribution in [-0.2, 0) is 16.2 Å². The molecule has 0 amide bonds. The summed E-state index contributed by atoms with van der Waals surface area (Å²) < 4.78 is 63.7. The van der Waals surface area contributed by atoms with Gasteiger partial charge in [-0.25, -0.2) is 8.42 Å². The molecule has 2 heterocycles. The highest BCUT2D eigenvalue weighted by Gasteiger charge is 2.39. The second-order valence-corrected chi connectivity index (χ2v) is 8.04. The van der Waals surface area contributed by atoms with E-state index < -0.39 is 27.3 Å². The van der Waals surface area contributed by atoms with Gasteiger partial charge in [0.1, 0.15) is 10.6 Å². The zero-order valence-corrected chi connectivity index (χ0v) is 13.1. The van der Waals surface area contributed by atoms with Gasteiger partial charge in [-0.15, -0.1) is 0 Å². The molecule has 1 aliphatic rings. The van der Waals surface area contributed by atoms with Crippen LogP contribution in [0.3, 0.4) is 0 Å². The normalized spacial score (nSPS) is 23.5. The number of hydrogen-bond donors (Lipinski definition) is 1. The molecule has 0 spiro atoms. The average molecular weight is 337 g/mol. The van der Waals surface area contributed by atoms with Gasteiger partial charge in [-0.1, -0.05) is 13.8 Å². The Morgan fingerprint density at radius 3 is 2.45 bits per heavy atom. The lowest BCUT2D eigenvalue weighted by molar-refractivity contribution is -0.141. The highest BCUT2D eigenvalue weighted by Crippen LogP contribution is 2.32. The van der Waals surface area contributed by atoms with Gasteiger partial charge < -0.3 is 5.73 Å². The molecule has 1 aliphatic heterocycles. The fraction of sp³-hybridized carbons (Fsp3) is 0.615. The Hall–Kier alpha value is -1.19. The summed E-state index contributed by atoms with van der Waals surface area (Å²) in [7, 11) is -3.87. The Kier molecular flexibility index (Phi) is 4.27. The van der Waals surface area contributed by atoms with E-state index in [2.05, 4.69) is 4.98 Å². The summed E-state index contributed by atoms with van der Waals surface area (Å²) in [5.41, 5.74) is 4.45. The number of pyridine rings is 1. The maximum atomic E-state index is 12.5. The van der Waals surface area contributed by atoms with Crippen LogP contribution in [0.4, 0.5) is 13.2 Å². The van der Waals surface area contributed by atoms with Crippen molar-refractivity contribution in [1.82, 2.24) is 9.29 Å². The number of piperidine rings is 1. The van der Waals surface area contributed by atoms with E-state index in [1.807, 2.05) is 13.8 Å². The lowest BCUT2D eigenvalue weighted by Gasteiger charge is -2.41. The molecule has 1 unspecified atom stereocenters. The van der Waals surface area contributed by atoms with Crippen LogP contribution in [0.15, 0.2) is 23.2 Å². The predicted molar refractivity (Wildman–Crippen MR) is 74.4 cm³/mol. The van der Waals surface area contributed by atoms with Crippen LogP contribution >= 0.6 is 0 Å². The van der Waals surface area contributed by atoms with Crippen molar-refractivity contribution in [3.63, 3.8) is 0 Å². The van der Waals surface area contributed by atoms with Crippen molar-refractivity contribution in [2.75, 3.05) is 13.1 Å². The molecule has 0 aromatic carbocycles. The van der Waals surface area contributed by atoms with E-state index in [1.165, 1.54) is 4.31 Å². The molecule has 1 aromatic heterocycles. The molecule has 2 rings (SSSR count). The number of nitrogens with two attached hydrogens (primary N) is 1. The summed E-state index contributed by atoms with van der Waals surface area (Å²) in [5.74, 6) is 0.